The summed E-state index contributed by atoms with van der Waals surface area (Å²) in [4.78, 5) is 18.5. The van der Waals surface area contributed by atoms with Gasteiger partial charge in [-0.3, -0.25) is 0 Å². The summed E-state index contributed by atoms with van der Waals surface area (Å²) in [6, 6.07) is 1.95. The molecule has 124 valence electrons. The number of nitrogens with zero attached hydrogens (tertiary/aromatic N) is 4. The number of rotatable bonds is 4. The number of ether oxygens (including phenoxy) is 1. The van der Waals surface area contributed by atoms with Gasteiger partial charge < -0.3 is 9.64 Å². The SMILES string of the molecule is CCOC(=O)c1cnc2cc(C(C)(C)C)nn2c1/C=C/N(C)C. The lowest BCUT2D eigenvalue weighted by Gasteiger charge is -2.13. The highest BCUT2D eigenvalue weighted by atomic mass is 16.5. The third-order valence-corrected chi connectivity index (χ3v) is 3.31. The first-order valence-corrected chi connectivity index (χ1v) is 7.65. The molecular formula is C17H24N4O2. The van der Waals surface area contributed by atoms with E-state index in [4.69, 9.17) is 4.74 Å². The largest absolute Gasteiger partial charge is 0.462 e. The van der Waals surface area contributed by atoms with E-state index >= 15 is 0 Å². The highest BCUT2D eigenvalue weighted by molar-refractivity contribution is 5.93. The van der Waals surface area contributed by atoms with Crippen molar-refractivity contribution in [3.63, 3.8) is 0 Å². The maximum absolute atomic E-state index is 12.2. The molecule has 0 unspecified atom stereocenters. The van der Waals surface area contributed by atoms with Crippen LogP contribution in [-0.2, 0) is 10.2 Å². The fourth-order valence-corrected chi connectivity index (χ4v) is 2.06. The minimum Gasteiger partial charge on any atom is -0.462 e. The Bertz CT molecular complexity index is 739. The molecule has 0 saturated carbocycles. The summed E-state index contributed by atoms with van der Waals surface area (Å²) in [5.74, 6) is -0.395. The Balaban J connectivity index is 2.67. The molecule has 6 heteroatoms. The number of hydrogen-bond acceptors (Lipinski definition) is 5. The zero-order chi connectivity index (χ0) is 17.2. The normalized spacial score (nSPS) is 12.1. The van der Waals surface area contributed by atoms with E-state index in [9.17, 15) is 4.79 Å². The quantitative estimate of drug-likeness (QED) is 0.812. The summed E-state index contributed by atoms with van der Waals surface area (Å²) in [6.07, 6.45) is 5.27. The van der Waals surface area contributed by atoms with E-state index in [-0.39, 0.29) is 5.41 Å². The van der Waals surface area contributed by atoms with Crippen molar-refractivity contribution in [2.45, 2.75) is 33.1 Å². The molecule has 0 fully saturated rings. The number of hydrogen-bond donors (Lipinski definition) is 0. The molecule has 0 aliphatic heterocycles. The van der Waals surface area contributed by atoms with Crippen LogP contribution in [-0.4, -0.2) is 46.2 Å². The summed E-state index contributed by atoms with van der Waals surface area (Å²) < 4.78 is 6.83. The van der Waals surface area contributed by atoms with Crippen molar-refractivity contribution in [1.29, 1.82) is 0 Å². The van der Waals surface area contributed by atoms with E-state index in [1.54, 1.807) is 17.6 Å². The van der Waals surface area contributed by atoms with Crippen LogP contribution in [0.2, 0.25) is 0 Å². The molecule has 2 aromatic heterocycles. The van der Waals surface area contributed by atoms with Crippen LogP contribution in [0.5, 0.6) is 0 Å². The van der Waals surface area contributed by atoms with Crippen molar-refractivity contribution in [1.82, 2.24) is 19.5 Å². The van der Waals surface area contributed by atoms with Crippen molar-refractivity contribution in [2.24, 2.45) is 0 Å². The van der Waals surface area contributed by atoms with Crippen molar-refractivity contribution >= 4 is 17.7 Å². The van der Waals surface area contributed by atoms with Gasteiger partial charge in [0.1, 0.15) is 5.56 Å². The Kier molecular flexibility index (Phi) is 4.73. The van der Waals surface area contributed by atoms with Gasteiger partial charge >= 0.3 is 5.97 Å². The number of carbonyl (C=O) groups excluding carboxylic acids is 1. The van der Waals surface area contributed by atoms with E-state index in [0.717, 1.165) is 5.69 Å². The van der Waals surface area contributed by atoms with Crippen LogP contribution in [0.3, 0.4) is 0 Å². The predicted octanol–water partition coefficient (Wildman–Crippen LogP) is 2.74. The third-order valence-electron chi connectivity index (χ3n) is 3.31. The highest BCUT2D eigenvalue weighted by Gasteiger charge is 2.21. The zero-order valence-corrected chi connectivity index (χ0v) is 14.6. The van der Waals surface area contributed by atoms with Gasteiger partial charge in [0.2, 0.25) is 0 Å². The van der Waals surface area contributed by atoms with Gasteiger partial charge in [-0.1, -0.05) is 20.8 Å². The highest BCUT2D eigenvalue weighted by Crippen LogP contribution is 2.23. The van der Waals surface area contributed by atoms with Crippen LogP contribution in [0.4, 0.5) is 0 Å². The first-order chi connectivity index (χ1) is 10.7. The topological polar surface area (TPSA) is 59.7 Å². The van der Waals surface area contributed by atoms with Crippen LogP contribution < -0.4 is 0 Å². The van der Waals surface area contributed by atoms with Gasteiger partial charge in [-0.15, -0.1) is 0 Å². The van der Waals surface area contributed by atoms with E-state index in [0.29, 0.717) is 23.5 Å². The van der Waals surface area contributed by atoms with Gasteiger partial charge in [0.05, 0.1) is 18.0 Å². The molecular weight excluding hydrogens is 292 g/mol. The molecule has 0 spiro atoms. The summed E-state index contributed by atoms with van der Waals surface area (Å²) in [5, 5.41) is 4.64. The Morgan fingerprint density at radius 1 is 1.39 bits per heavy atom. The Labute approximate surface area is 136 Å². The molecule has 0 radical (unpaired) electrons. The molecule has 2 rings (SSSR count). The first kappa shape index (κ1) is 17.0. The van der Waals surface area contributed by atoms with Crippen LogP contribution in [0.15, 0.2) is 18.5 Å². The number of carbonyl (C=O) groups is 1. The molecule has 23 heavy (non-hydrogen) atoms. The lowest BCUT2D eigenvalue weighted by atomic mass is 9.93. The molecule has 2 heterocycles. The number of esters is 1. The lowest BCUT2D eigenvalue weighted by molar-refractivity contribution is 0.0525. The fraction of sp³-hybridized carbons (Fsp3) is 0.471. The van der Waals surface area contributed by atoms with E-state index < -0.39 is 5.97 Å². The van der Waals surface area contributed by atoms with Gasteiger partial charge in [0.15, 0.2) is 5.65 Å². The molecule has 2 aromatic rings. The van der Waals surface area contributed by atoms with Crippen molar-refractivity contribution in [3.8, 4) is 0 Å². The smallest absolute Gasteiger partial charge is 0.341 e. The van der Waals surface area contributed by atoms with Crippen LogP contribution in [0.1, 0.15) is 49.4 Å². The molecule has 0 amide bonds. The molecule has 0 aliphatic carbocycles. The molecule has 0 saturated heterocycles. The second kappa shape index (κ2) is 6.40. The van der Waals surface area contributed by atoms with Gasteiger partial charge in [-0.25, -0.2) is 14.3 Å². The maximum atomic E-state index is 12.2. The molecule has 6 nitrogen and oxygen atoms in total. The second-order valence-corrected chi connectivity index (χ2v) is 6.61. The van der Waals surface area contributed by atoms with Crippen LogP contribution in [0, 0.1) is 0 Å². The molecule has 0 aromatic carbocycles. The van der Waals surface area contributed by atoms with Crippen molar-refractivity contribution < 1.29 is 9.53 Å². The lowest BCUT2D eigenvalue weighted by Crippen LogP contribution is -2.14. The van der Waals surface area contributed by atoms with Gasteiger partial charge in [-0.05, 0) is 13.0 Å². The Morgan fingerprint density at radius 2 is 2.09 bits per heavy atom. The van der Waals surface area contributed by atoms with E-state index in [1.807, 2.05) is 37.3 Å². The summed E-state index contributed by atoms with van der Waals surface area (Å²) in [7, 11) is 3.84. The van der Waals surface area contributed by atoms with Gasteiger partial charge in [0, 0.05) is 38.0 Å². The standard InChI is InChI=1S/C17H24N4O2/c1-7-23-16(22)12-11-18-15-10-14(17(2,3)4)19-21(15)13(12)8-9-20(5)6/h8-11H,7H2,1-6H3/b9-8+. The monoisotopic (exact) mass is 316 g/mol. The van der Waals surface area contributed by atoms with Crippen LogP contribution in [0.25, 0.3) is 11.7 Å². The number of aromatic nitrogens is 3. The minimum atomic E-state index is -0.395. The van der Waals surface area contributed by atoms with Gasteiger partial charge in [-0.2, -0.15) is 5.10 Å². The predicted molar refractivity (Wildman–Crippen MR) is 90.4 cm³/mol. The van der Waals surface area contributed by atoms with E-state index in [1.165, 1.54) is 0 Å². The molecule has 0 aliphatic rings. The average molecular weight is 316 g/mol. The summed E-state index contributed by atoms with van der Waals surface area (Å²) >= 11 is 0. The third kappa shape index (κ3) is 3.70. The Morgan fingerprint density at radius 3 is 2.65 bits per heavy atom. The number of fused-ring (bicyclic) bond motifs is 1. The Hall–Kier alpha value is -2.37. The second-order valence-electron chi connectivity index (χ2n) is 6.61. The molecule has 0 atom stereocenters. The fourth-order valence-electron chi connectivity index (χ4n) is 2.06. The van der Waals surface area contributed by atoms with Crippen LogP contribution >= 0.6 is 0 Å². The van der Waals surface area contributed by atoms with Crippen molar-refractivity contribution in [3.05, 3.63) is 35.4 Å². The zero-order valence-electron chi connectivity index (χ0n) is 14.6. The van der Waals surface area contributed by atoms with Gasteiger partial charge in [0.25, 0.3) is 0 Å². The molecule has 0 bridgehead atoms. The summed E-state index contributed by atoms with van der Waals surface area (Å²) in [5.41, 5.74) is 2.60. The molecule has 0 N–H and O–H groups in total. The van der Waals surface area contributed by atoms with E-state index in [2.05, 4.69) is 30.9 Å². The first-order valence-electron chi connectivity index (χ1n) is 7.65. The maximum Gasteiger partial charge on any atom is 0.341 e. The minimum absolute atomic E-state index is 0.0969. The van der Waals surface area contributed by atoms with Crippen molar-refractivity contribution in [2.75, 3.05) is 20.7 Å². The summed E-state index contributed by atoms with van der Waals surface area (Å²) in [6.45, 7) is 8.38. The average Bonchev–Trinajstić information content (AvgIpc) is 2.88.